The van der Waals surface area contributed by atoms with Gasteiger partial charge in [-0.1, -0.05) is 19.4 Å². The molecule has 0 aromatic rings. The summed E-state index contributed by atoms with van der Waals surface area (Å²) in [4.78, 5) is 11.7. The second kappa shape index (κ2) is 5.94. The summed E-state index contributed by atoms with van der Waals surface area (Å²) in [5.74, 6) is 0.479. The lowest BCUT2D eigenvalue weighted by Gasteiger charge is -2.36. The van der Waals surface area contributed by atoms with Crippen molar-refractivity contribution in [3.05, 3.63) is 12.7 Å². The van der Waals surface area contributed by atoms with E-state index in [-0.39, 0.29) is 11.2 Å². The number of hydrogen-bond acceptors (Lipinski definition) is 3. The summed E-state index contributed by atoms with van der Waals surface area (Å²) in [5, 5.41) is 0. The van der Waals surface area contributed by atoms with Crippen molar-refractivity contribution in [1.82, 2.24) is 0 Å². The predicted molar refractivity (Wildman–Crippen MR) is 75.8 cm³/mol. The van der Waals surface area contributed by atoms with Gasteiger partial charge in [0.15, 0.2) is 0 Å². The number of ether oxygens (including phenoxy) is 1. The molecule has 2 unspecified atom stereocenters. The van der Waals surface area contributed by atoms with Crippen LogP contribution in [0.5, 0.6) is 0 Å². The minimum absolute atomic E-state index is 0.123. The van der Waals surface area contributed by atoms with Crippen molar-refractivity contribution in [2.24, 2.45) is 5.92 Å². The lowest BCUT2D eigenvalue weighted by Crippen LogP contribution is -2.41. The lowest BCUT2D eigenvalue weighted by molar-refractivity contribution is -0.361. The summed E-state index contributed by atoms with van der Waals surface area (Å²) in [6.07, 6.45) is 9.73. The molecule has 0 bridgehead atoms. The fourth-order valence-corrected chi connectivity index (χ4v) is 3.85. The molecule has 1 aliphatic heterocycles. The second-order valence-corrected chi connectivity index (χ2v) is 6.42. The lowest BCUT2D eigenvalue weighted by atomic mass is 9.72. The molecule has 1 saturated heterocycles. The third-order valence-electron chi connectivity index (χ3n) is 4.98. The molecule has 2 aliphatic rings. The van der Waals surface area contributed by atoms with Gasteiger partial charge in [-0.3, -0.25) is 0 Å². The molecular weight excluding hydrogens is 240 g/mol. The molecule has 110 valence electrons. The van der Waals surface area contributed by atoms with Gasteiger partial charge in [-0.2, -0.15) is 0 Å². The average Bonchev–Trinajstić information content (AvgIpc) is 2.74. The Morgan fingerprint density at radius 2 is 2.26 bits per heavy atom. The number of rotatable bonds is 5. The molecule has 3 heteroatoms. The minimum Gasteiger partial charge on any atom is -0.381 e. The molecule has 1 heterocycles. The Morgan fingerprint density at radius 3 is 2.89 bits per heavy atom. The molecule has 19 heavy (non-hydrogen) atoms. The highest BCUT2D eigenvalue weighted by atomic mass is 17.2. The van der Waals surface area contributed by atoms with E-state index in [9.17, 15) is 0 Å². The van der Waals surface area contributed by atoms with Crippen molar-refractivity contribution in [2.45, 2.75) is 76.1 Å². The standard InChI is InChI=1S/C16H28O3/c1-5-8-13(6-2)15(3)12-16(19-18-15)10-7-9-14(11-16)17-4/h5,13-14H,1,6-12H2,2-4H3/t13?,14?,15-,16+/m0/s1. The van der Waals surface area contributed by atoms with E-state index in [4.69, 9.17) is 14.5 Å². The van der Waals surface area contributed by atoms with Crippen LogP contribution in [-0.2, 0) is 14.5 Å². The van der Waals surface area contributed by atoms with Crippen molar-refractivity contribution in [3.8, 4) is 0 Å². The van der Waals surface area contributed by atoms with Crippen LogP contribution >= 0.6 is 0 Å². The maximum atomic E-state index is 5.84. The van der Waals surface area contributed by atoms with Gasteiger partial charge in [0.05, 0.1) is 6.10 Å². The smallest absolute Gasteiger partial charge is 0.109 e. The van der Waals surface area contributed by atoms with Gasteiger partial charge in [-0.25, -0.2) is 9.78 Å². The minimum atomic E-state index is -0.182. The van der Waals surface area contributed by atoms with E-state index in [2.05, 4.69) is 20.4 Å². The van der Waals surface area contributed by atoms with Crippen LogP contribution in [0, 0.1) is 5.92 Å². The van der Waals surface area contributed by atoms with E-state index < -0.39 is 0 Å². The number of hydrogen-bond donors (Lipinski definition) is 0. The molecule has 0 aromatic heterocycles. The van der Waals surface area contributed by atoms with Crippen molar-refractivity contribution >= 4 is 0 Å². The highest BCUT2D eigenvalue weighted by molar-refractivity contribution is 5.00. The van der Waals surface area contributed by atoms with Crippen LogP contribution in [0.1, 0.15) is 58.8 Å². The average molecular weight is 268 g/mol. The summed E-state index contributed by atoms with van der Waals surface area (Å²) in [6.45, 7) is 8.27. The molecule has 0 N–H and O–H groups in total. The monoisotopic (exact) mass is 268 g/mol. The topological polar surface area (TPSA) is 27.7 Å². The maximum Gasteiger partial charge on any atom is 0.109 e. The van der Waals surface area contributed by atoms with E-state index in [0.717, 1.165) is 44.9 Å². The second-order valence-electron chi connectivity index (χ2n) is 6.42. The molecular formula is C16H28O3. The third-order valence-corrected chi connectivity index (χ3v) is 4.98. The molecule has 1 saturated carbocycles. The van der Waals surface area contributed by atoms with Gasteiger partial charge in [0.25, 0.3) is 0 Å². The third kappa shape index (κ3) is 3.04. The van der Waals surface area contributed by atoms with Gasteiger partial charge in [-0.15, -0.1) is 6.58 Å². The SMILES string of the molecule is C=CCC(CC)[C@]1(C)C[C@]2(CCCC(OC)C2)OO1. The Morgan fingerprint density at radius 1 is 1.47 bits per heavy atom. The van der Waals surface area contributed by atoms with E-state index in [1.54, 1.807) is 7.11 Å². The molecule has 0 radical (unpaired) electrons. The van der Waals surface area contributed by atoms with Crippen LogP contribution in [0.15, 0.2) is 12.7 Å². The predicted octanol–water partition coefficient (Wildman–Crippen LogP) is 4.03. The highest BCUT2D eigenvalue weighted by Gasteiger charge is 2.53. The first-order chi connectivity index (χ1) is 9.07. The molecule has 1 spiro atoms. The quantitative estimate of drug-likeness (QED) is 0.556. The summed E-state index contributed by atoms with van der Waals surface area (Å²) >= 11 is 0. The summed E-state index contributed by atoms with van der Waals surface area (Å²) in [7, 11) is 1.80. The van der Waals surface area contributed by atoms with Crippen molar-refractivity contribution in [1.29, 1.82) is 0 Å². The van der Waals surface area contributed by atoms with E-state index in [1.165, 1.54) is 0 Å². The van der Waals surface area contributed by atoms with Gasteiger partial charge >= 0.3 is 0 Å². The zero-order chi connectivity index (χ0) is 13.9. The highest BCUT2D eigenvalue weighted by Crippen LogP contribution is 2.49. The van der Waals surface area contributed by atoms with E-state index in [1.807, 2.05) is 6.08 Å². The first kappa shape index (κ1) is 15.0. The Balaban J connectivity index is 2.06. The van der Waals surface area contributed by atoms with Gasteiger partial charge in [-0.05, 0) is 38.5 Å². The first-order valence-corrected chi connectivity index (χ1v) is 7.58. The molecule has 4 atom stereocenters. The molecule has 3 nitrogen and oxygen atoms in total. The fraction of sp³-hybridized carbons (Fsp3) is 0.875. The van der Waals surface area contributed by atoms with E-state index >= 15 is 0 Å². The van der Waals surface area contributed by atoms with Gasteiger partial charge in [0, 0.05) is 20.0 Å². The number of methoxy groups -OCH3 is 1. The van der Waals surface area contributed by atoms with Crippen molar-refractivity contribution in [2.75, 3.05) is 7.11 Å². The molecule has 0 amide bonds. The van der Waals surface area contributed by atoms with Crippen LogP contribution in [0.2, 0.25) is 0 Å². The Labute approximate surface area is 117 Å². The van der Waals surface area contributed by atoms with Crippen LogP contribution in [-0.4, -0.2) is 24.4 Å². The Kier molecular flexibility index (Phi) is 4.70. The first-order valence-electron chi connectivity index (χ1n) is 7.58. The maximum absolute atomic E-state index is 5.84. The van der Waals surface area contributed by atoms with Gasteiger partial charge in [0.2, 0.25) is 0 Å². The Bertz CT molecular complexity index is 317. The molecule has 0 aromatic carbocycles. The van der Waals surface area contributed by atoms with Gasteiger partial charge < -0.3 is 4.74 Å². The van der Waals surface area contributed by atoms with Gasteiger partial charge in [0.1, 0.15) is 11.2 Å². The normalized spacial score (nSPS) is 40.5. The van der Waals surface area contributed by atoms with Crippen LogP contribution in [0.3, 0.4) is 0 Å². The molecule has 1 aliphatic carbocycles. The molecule has 2 fully saturated rings. The van der Waals surface area contributed by atoms with E-state index in [0.29, 0.717) is 12.0 Å². The zero-order valence-electron chi connectivity index (χ0n) is 12.6. The summed E-state index contributed by atoms with van der Waals surface area (Å²) in [6, 6.07) is 0. The van der Waals surface area contributed by atoms with Crippen LogP contribution in [0.4, 0.5) is 0 Å². The zero-order valence-corrected chi connectivity index (χ0v) is 12.6. The summed E-state index contributed by atoms with van der Waals surface area (Å²) < 4.78 is 5.53. The van der Waals surface area contributed by atoms with Crippen molar-refractivity contribution in [3.63, 3.8) is 0 Å². The Hall–Kier alpha value is -0.380. The fourth-order valence-electron chi connectivity index (χ4n) is 3.85. The van der Waals surface area contributed by atoms with Crippen LogP contribution < -0.4 is 0 Å². The molecule has 2 rings (SSSR count). The largest absolute Gasteiger partial charge is 0.381 e. The number of allylic oxidation sites excluding steroid dienone is 1. The van der Waals surface area contributed by atoms with Crippen molar-refractivity contribution < 1.29 is 14.5 Å². The summed E-state index contributed by atoms with van der Waals surface area (Å²) in [5.41, 5.74) is -0.305. The van der Waals surface area contributed by atoms with Crippen LogP contribution in [0.25, 0.3) is 0 Å².